The first-order valence-corrected chi connectivity index (χ1v) is 4.29. The van der Waals surface area contributed by atoms with Crippen LogP contribution in [0.15, 0.2) is 18.2 Å². The average molecular weight is 195 g/mol. The Morgan fingerprint density at radius 3 is 2.86 bits per heavy atom. The number of Topliss-reactive ketones (excluding diaryl/α,β-unsaturated/α-hetero) is 1. The largest absolute Gasteiger partial charge is 0.507 e. The Bertz CT molecular complexity index is 336. The Morgan fingerprint density at radius 2 is 2.29 bits per heavy atom. The Kier molecular flexibility index (Phi) is 3.48. The summed E-state index contributed by atoms with van der Waals surface area (Å²) in [5.41, 5.74) is 5.51. The summed E-state index contributed by atoms with van der Waals surface area (Å²) < 4.78 is 4.94. The summed E-state index contributed by atoms with van der Waals surface area (Å²) in [6.07, 6.45) is 0.223. The van der Waals surface area contributed by atoms with Gasteiger partial charge >= 0.3 is 0 Å². The molecule has 0 unspecified atom stereocenters. The van der Waals surface area contributed by atoms with Gasteiger partial charge in [0.25, 0.3) is 0 Å². The summed E-state index contributed by atoms with van der Waals surface area (Å²) in [6, 6.07) is 4.53. The molecular weight excluding hydrogens is 182 g/mol. The Labute approximate surface area is 82.3 Å². The first-order chi connectivity index (χ1) is 6.69. The lowest BCUT2D eigenvalue weighted by atomic mass is 10.1. The molecule has 14 heavy (non-hydrogen) atoms. The molecule has 1 aromatic rings. The van der Waals surface area contributed by atoms with E-state index >= 15 is 0 Å². The number of methoxy groups -OCH3 is 1. The van der Waals surface area contributed by atoms with Crippen LogP contribution in [0, 0.1) is 0 Å². The normalized spacial score (nSPS) is 9.86. The van der Waals surface area contributed by atoms with Crippen LogP contribution in [-0.4, -0.2) is 24.5 Å². The SMILES string of the molecule is COc1ccc(O)c(C(=O)CCN)c1. The molecule has 0 bridgehead atoms. The maximum absolute atomic E-state index is 11.4. The van der Waals surface area contributed by atoms with Gasteiger partial charge in [-0.2, -0.15) is 0 Å². The fraction of sp³-hybridized carbons (Fsp3) is 0.300. The summed E-state index contributed by atoms with van der Waals surface area (Å²) in [4.78, 5) is 11.4. The van der Waals surface area contributed by atoms with Gasteiger partial charge in [-0.1, -0.05) is 0 Å². The molecule has 0 aromatic heterocycles. The van der Waals surface area contributed by atoms with E-state index in [0.717, 1.165) is 0 Å². The third-order valence-corrected chi connectivity index (χ3v) is 1.88. The zero-order valence-corrected chi connectivity index (χ0v) is 7.99. The summed E-state index contributed by atoms with van der Waals surface area (Å²) >= 11 is 0. The molecule has 3 N–H and O–H groups in total. The maximum Gasteiger partial charge on any atom is 0.167 e. The number of carbonyl (C=O) groups excluding carboxylic acids is 1. The van der Waals surface area contributed by atoms with Crippen LogP contribution in [0.3, 0.4) is 0 Å². The summed E-state index contributed by atoms with van der Waals surface area (Å²) in [5, 5.41) is 9.41. The molecule has 4 nitrogen and oxygen atoms in total. The number of carbonyl (C=O) groups is 1. The molecule has 76 valence electrons. The number of hydrogen-bond acceptors (Lipinski definition) is 4. The van der Waals surface area contributed by atoms with Gasteiger partial charge in [0.1, 0.15) is 11.5 Å². The highest BCUT2D eigenvalue weighted by molar-refractivity contribution is 5.99. The number of phenols is 1. The van der Waals surface area contributed by atoms with Crippen molar-refractivity contribution in [2.75, 3.05) is 13.7 Å². The predicted molar refractivity (Wildman–Crippen MR) is 52.7 cm³/mol. The Morgan fingerprint density at radius 1 is 1.57 bits per heavy atom. The van der Waals surface area contributed by atoms with Gasteiger partial charge in [0.15, 0.2) is 5.78 Å². The highest BCUT2D eigenvalue weighted by Gasteiger charge is 2.11. The van der Waals surface area contributed by atoms with Gasteiger partial charge in [-0.15, -0.1) is 0 Å². The standard InChI is InChI=1S/C10H13NO3/c1-14-7-2-3-9(12)8(6-7)10(13)4-5-11/h2-3,6,12H,4-5,11H2,1H3. The van der Waals surface area contributed by atoms with E-state index < -0.39 is 0 Å². The van der Waals surface area contributed by atoms with E-state index in [4.69, 9.17) is 10.5 Å². The zero-order valence-electron chi connectivity index (χ0n) is 7.99. The number of benzene rings is 1. The third kappa shape index (κ3) is 2.23. The average Bonchev–Trinajstić information content (AvgIpc) is 2.19. The van der Waals surface area contributed by atoms with Gasteiger partial charge < -0.3 is 15.6 Å². The predicted octanol–water partition coefficient (Wildman–Crippen LogP) is 0.932. The molecule has 0 aliphatic rings. The van der Waals surface area contributed by atoms with Crippen LogP contribution >= 0.6 is 0 Å². The van der Waals surface area contributed by atoms with E-state index in [1.54, 1.807) is 6.07 Å². The first-order valence-electron chi connectivity index (χ1n) is 4.29. The number of phenolic OH excluding ortho intramolecular Hbond substituents is 1. The molecule has 0 radical (unpaired) electrons. The van der Waals surface area contributed by atoms with Crippen LogP contribution in [0.1, 0.15) is 16.8 Å². The van der Waals surface area contributed by atoms with Crippen molar-refractivity contribution in [3.8, 4) is 11.5 Å². The van der Waals surface area contributed by atoms with E-state index in [1.807, 2.05) is 0 Å². The third-order valence-electron chi connectivity index (χ3n) is 1.88. The second-order valence-electron chi connectivity index (χ2n) is 2.84. The van der Waals surface area contributed by atoms with Crippen LogP contribution < -0.4 is 10.5 Å². The summed E-state index contributed by atoms with van der Waals surface area (Å²) in [7, 11) is 1.50. The van der Waals surface area contributed by atoms with Crippen molar-refractivity contribution in [2.24, 2.45) is 5.73 Å². The van der Waals surface area contributed by atoms with Crippen molar-refractivity contribution in [2.45, 2.75) is 6.42 Å². The van der Waals surface area contributed by atoms with Crippen molar-refractivity contribution in [1.82, 2.24) is 0 Å². The molecule has 0 saturated heterocycles. The monoisotopic (exact) mass is 195 g/mol. The van der Waals surface area contributed by atoms with Gasteiger partial charge in [-0.3, -0.25) is 4.79 Å². The van der Waals surface area contributed by atoms with Crippen LogP contribution in [0.4, 0.5) is 0 Å². The zero-order chi connectivity index (χ0) is 10.6. The molecule has 1 rings (SSSR count). The van der Waals surface area contributed by atoms with E-state index in [-0.39, 0.29) is 30.1 Å². The minimum atomic E-state index is -0.177. The Balaban J connectivity index is 2.99. The lowest BCUT2D eigenvalue weighted by Crippen LogP contribution is -2.08. The number of ketones is 1. The van der Waals surface area contributed by atoms with Gasteiger partial charge in [0.2, 0.25) is 0 Å². The van der Waals surface area contributed by atoms with Crippen LogP contribution in [-0.2, 0) is 0 Å². The number of aromatic hydroxyl groups is 1. The van der Waals surface area contributed by atoms with E-state index in [1.165, 1.54) is 19.2 Å². The number of rotatable bonds is 4. The van der Waals surface area contributed by atoms with Crippen molar-refractivity contribution in [3.05, 3.63) is 23.8 Å². The van der Waals surface area contributed by atoms with Crippen LogP contribution in [0.25, 0.3) is 0 Å². The summed E-state index contributed by atoms with van der Waals surface area (Å²) in [5.74, 6) is 0.330. The van der Waals surface area contributed by atoms with Crippen molar-refractivity contribution < 1.29 is 14.6 Å². The fourth-order valence-corrected chi connectivity index (χ4v) is 1.13. The van der Waals surface area contributed by atoms with Crippen LogP contribution in [0.5, 0.6) is 11.5 Å². The molecule has 0 atom stereocenters. The van der Waals surface area contributed by atoms with Gasteiger partial charge in [-0.05, 0) is 24.7 Å². The number of ether oxygens (including phenoxy) is 1. The quantitative estimate of drug-likeness (QED) is 0.701. The number of hydrogen-bond donors (Lipinski definition) is 2. The molecule has 0 spiro atoms. The second kappa shape index (κ2) is 4.62. The maximum atomic E-state index is 11.4. The number of nitrogens with two attached hydrogens (primary N) is 1. The molecule has 0 aliphatic heterocycles. The Hall–Kier alpha value is -1.55. The molecule has 1 aromatic carbocycles. The molecule has 0 amide bonds. The van der Waals surface area contributed by atoms with Crippen molar-refractivity contribution in [3.63, 3.8) is 0 Å². The van der Waals surface area contributed by atoms with Gasteiger partial charge in [-0.25, -0.2) is 0 Å². The van der Waals surface area contributed by atoms with Crippen LogP contribution in [0.2, 0.25) is 0 Å². The lowest BCUT2D eigenvalue weighted by Gasteiger charge is -2.05. The molecule has 0 aliphatic carbocycles. The minimum absolute atomic E-state index is 0.0377. The van der Waals surface area contributed by atoms with E-state index in [2.05, 4.69) is 0 Å². The van der Waals surface area contributed by atoms with E-state index in [9.17, 15) is 9.90 Å². The topological polar surface area (TPSA) is 72.5 Å². The van der Waals surface area contributed by atoms with Crippen molar-refractivity contribution in [1.29, 1.82) is 0 Å². The molecular formula is C10H13NO3. The lowest BCUT2D eigenvalue weighted by molar-refractivity contribution is 0.0982. The first kappa shape index (κ1) is 10.5. The molecule has 0 saturated carbocycles. The van der Waals surface area contributed by atoms with Gasteiger partial charge in [0, 0.05) is 6.42 Å². The van der Waals surface area contributed by atoms with Gasteiger partial charge in [0.05, 0.1) is 12.7 Å². The smallest absolute Gasteiger partial charge is 0.167 e. The van der Waals surface area contributed by atoms with Crippen molar-refractivity contribution >= 4 is 5.78 Å². The molecule has 0 fully saturated rings. The highest BCUT2D eigenvalue weighted by Crippen LogP contribution is 2.23. The minimum Gasteiger partial charge on any atom is -0.507 e. The van der Waals surface area contributed by atoms with E-state index in [0.29, 0.717) is 5.75 Å². The fourth-order valence-electron chi connectivity index (χ4n) is 1.13. The summed E-state index contributed by atoms with van der Waals surface area (Å²) in [6.45, 7) is 0.273. The second-order valence-corrected chi connectivity index (χ2v) is 2.84. The highest BCUT2D eigenvalue weighted by atomic mass is 16.5. The molecule has 0 heterocycles. The molecule has 4 heteroatoms.